The van der Waals surface area contributed by atoms with Crippen LogP contribution in [0.3, 0.4) is 0 Å². The number of unbranched alkanes of at least 4 members (excludes halogenated alkanes) is 5. The van der Waals surface area contributed by atoms with E-state index in [1.54, 1.807) is 0 Å². The van der Waals surface area contributed by atoms with Gasteiger partial charge in [0.1, 0.15) is 0 Å². The first kappa shape index (κ1) is 28.0. The highest BCUT2D eigenvalue weighted by Gasteiger charge is 1.90. The molecule has 0 spiro atoms. The van der Waals surface area contributed by atoms with E-state index in [2.05, 4.69) is 46.8 Å². The van der Waals surface area contributed by atoms with Gasteiger partial charge in [-0.25, -0.2) is 0 Å². The Bertz CT molecular complexity index is 118. The highest BCUT2D eigenvalue weighted by Crippen LogP contribution is 2.05. The minimum atomic E-state index is 0.782. The molecule has 0 saturated carbocycles. The van der Waals surface area contributed by atoms with Gasteiger partial charge in [-0.15, -0.1) is 0 Å². The minimum absolute atomic E-state index is 0.782. The van der Waals surface area contributed by atoms with Crippen LogP contribution in [0.2, 0.25) is 0 Å². The van der Waals surface area contributed by atoms with Gasteiger partial charge in [-0.1, -0.05) is 112 Å². The van der Waals surface area contributed by atoms with Crippen LogP contribution in [0, 0.1) is 5.92 Å². The van der Waals surface area contributed by atoms with Crippen LogP contribution in [-0.4, -0.2) is 0 Å². The second-order valence-corrected chi connectivity index (χ2v) is 4.71. The molecule has 0 bridgehead atoms. The second-order valence-electron chi connectivity index (χ2n) is 4.71. The van der Waals surface area contributed by atoms with Gasteiger partial charge in [-0.2, -0.15) is 0 Å². The third-order valence-corrected chi connectivity index (χ3v) is 2.72. The number of allylic oxidation sites excluding steroid dienone is 2. The van der Waals surface area contributed by atoms with Crippen molar-refractivity contribution in [3.8, 4) is 0 Å². The van der Waals surface area contributed by atoms with E-state index in [4.69, 9.17) is 0 Å². The summed E-state index contributed by atoms with van der Waals surface area (Å²) in [4.78, 5) is 0. The maximum Gasteiger partial charge on any atom is -0.0262 e. The molecule has 126 valence electrons. The Morgan fingerprint density at radius 1 is 0.700 bits per heavy atom. The third-order valence-electron chi connectivity index (χ3n) is 2.72. The van der Waals surface area contributed by atoms with Gasteiger partial charge in [0.15, 0.2) is 0 Å². The van der Waals surface area contributed by atoms with Crippen LogP contribution in [-0.2, 0) is 0 Å². The van der Waals surface area contributed by atoms with Gasteiger partial charge in [0.05, 0.1) is 0 Å². The molecule has 1 atom stereocenters. The molecule has 0 heteroatoms. The Morgan fingerprint density at radius 3 is 1.35 bits per heavy atom. The molecular weight excluding hydrogens is 240 g/mol. The Hall–Kier alpha value is -0.260. The summed E-state index contributed by atoms with van der Waals surface area (Å²) >= 11 is 0. The minimum Gasteiger partial charge on any atom is -0.0914 e. The molecule has 0 N–H and O–H groups in total. The summed E-state index contributed by atoms with van der Waals surface area (Å²) in [6.07, 6.45) is 15.5. The Morgan fingerprint density at radius 2 is 1.10 bits per heavy atom. The zero-order valence-corrected chi connectivity index (χ0v) is 16.4. The lowest BCUT2D eigenvalue weighted by Crippen LogP contribution is -1.85. The first-order valence-corrected chi connectivity index (χ1v) is 9.35. The molecule has 0 aromatic rings. The molecule has 1 unspecified atom stereocenters. The Balaban J connectivity index is -0.000000102. The van der Waals surface area contributed by atoms with E-state index in [1.807, 2.05) is 27.7 Å². The van der Waals surface area contributed by atoms with Crippen molar-refractivity contribution >= 4 is 0 Å². The van der Waals surface area contributed by atoms with Crippen molar-refractivity contribution in [3.05, 3.63) is 12.2 Å². The van der Waals surface area contributed by atoms with Crippen molar-refractivity contribution in [2.75, 3.05) is 0 Å². The normalized spacial score (nSPS) is 10.4. The van der Waals surface area contributed by atoms with E-state index in [0.29, 0.717) is 0 Å². The molecule has 0 aliphatic rings. The number of rotatable bonds is 8. The molecule has 0 aliphatic heterocycles. The smallest absolute Gasteiger partial charge is 0.0262 e. The Kier molecular flexibility index (Phi) is 50.8. The SMILES string of the molecule is CC.CC.CC=CC(C)CCC.CCCCCCCC. The van der Waals surface area contributed by atoms with E-state index < -0.39 is 0 Å². The van der Waals surface area contributed by atoms with Crippen molar-refractivity contribution in [1.29, 1.82) is 0 Å². The predicted molar refractivity (Wildman–Crippen MR) is 101 cm³/mol. The van der Waals surface area contributed by atoms with Crippen LogP contribution in [0.15, 0.2) is 12.2 Å². The number of hydrogen-bond donors (Lipinski definition) is 0. The van der Waals surface area contributed by atoms with Gasteiger partial charge < -0.3 is 0 Å². The lowest BCUT2D eigenvalue weighted by atomic mass is 10.1. The first-order valence-electron chi connectivity index (χ1n) is 9.35. The van der Waals surface area contributed by atoms with Crippen LogP contribution < -0.4 is 0 Å². The summed E-state index contributed by atoms with van der Waals surface area (Å²) in [6.45, 7) is 19.1. The van der Waals surface area contributed by atoms with E-state index in [0.717, 1.165) is 5.92 Å². The summed E-state index contributed by atoms with van der Waals surface area (Å²) in [5, 5.41) is 0. The lowest BCUT2D eigenvalue weighted by Gasteiger charge is -1.99. The molecule has 0 rings (SSSR count). The third kappa shape index (κ3) is 43.1. The van der Waals surface area contributed by atoms with Crippen LogP contribution in [0.4, 0.5) is 0 Å². The van der Waals surface area contributed by atoms with Crippen LogP contribution in [0.25, 0.3) is 0 Å². The topological polar surface area (TPSA) is 0 Å². The molecule has 0 fully saturated rings. The van der Waals surface area contributed by atoms with Crippen molar-refractivity contribution in [3.63, 3.8) is 0 Å². The zero-order valence-electron chi connectivity index (χ0n) is 16.4. The molecule has 0 amide bonds. The predicted octanol–water partition coefficient (Wildman–Crippen LogP) is 8.42. The molecule has 20 heavy (non-hydrogen) atoms. The van der Waals surface area contributed by atoms with E-state index in [-0.39, 0.29) is 0 Å². The van der Waals surface area contributed by atoms with Crippen LogP contribution >= 0.6 is 0 Å². The molecule has 0 radical (unpaired) electrons. The van der Waals surface area contributed by atoms with E-state index in [9.17, 15) is 0 Å². The fourth-order valence-electron chi connectivity index (χ4n) is 1.73. The molecule has 0 saturated heterocycles. The molecular formula is C20H46. The summed E-state index contributed by atoms with van der Waals surface area (Å²) in [7, 11) is 0. The highest BCUT2D eigenvalue weighted by molar-refractivity contribution is 4.82. The monoisotopic (exact) mass is 286 g/mol. The number of hydrogen-bond acceptors (Lipinski definition) is 0. The standard InChI is InChI=1S/C8H16.C8H18.2C2H6/c1-4-6-8(3)7-5-2;1-3-5-7-8-6-4-2;2*1-2/h4,6,8H,5,7H2,1-3H3;3-8H2,1-2H3;2*1-2H3. The van der Waals surface area contributed by atoms with Gasteiger partial charge in [0.2, 0.25) is 0 Å². The molecule has 0 aliphatic carbocycles. The maximum atomic E-state index is 2.26. The maximum absolute atomic E-state index is 2.26. The van der Waals surface area contributed by atoms with Gasteiger partial charge in [0, 0.05) is 0 Å². The molecule has 0 aromatic carbocycles. The summed E-state index contributed by atoms with van der Waals surface area (Å²) in [5.41, 5.74) is 0. The quantitative estimate of drug-likeness (QED) is 0.310. The van der Waals surface area contributed by atoms with E-state index >= 15 is 0 Å². The van der Waals surface area contributed by atoms with Gasteiger partial charge in [-0.3, -0.25) is 0 Å². The average molecular weight is 287 g/mol. The first-order chi connectivity index (χ1) is 9.72. The summed E-state index contributed by atoms with van der Waals surface area (Å²) in [6, 6.07) is 0. The van der Waals surface area contributed by atoms with Crippen molar-refractivity contribution < 1.29 is 0 Å². The molecule has 0 aromatic heterocycles. The fraction of sp³-hybridized carbons (Fsp3) is 0.900. The van der Waals surface area contributed by atoms with Gasteiger partial charge in [0.25, 0.3) is 0 Å². The summed E-state index contributed by atoms with van der Waals surface area (Å²) < 4.78 is 0. The van der Waals surface area contributed by atoms with Gasteiger partial charge in [-0.05, 0) is 19.3 Å². The average Bonchev–Trinajstić information content (AvgIpc) is 2.49. The highest BCUT2D eigenvalue weighted by atomic mass is 14.0. The van der Waals surface area contributed by atoms with Crippen LogP contribution in [0.1, 0.15) is 114 Å². The Labute approximate surface area is 132 Å². The summed E-state index contributed by atoms with van der Waals surface area (Å²) in [5.74, 6) is 0.782. The van der Waals surface area contributed by atoms with Gasteiger partial charge >= 0.3 is 0 Å². The zero-order chi connectivity index (χ0) is 16.6. The largest absolute Gasteiger partial charge is 0.0914 e. The molecule has 0 heterocycles. The van der Waals surface area contributed by atoms with E-state index in [1.165, 1.54) is 51.4 Å². The second kappa shape index (κ2) is 36.3. The van der Waals surface area contributed by atoms with Crippen LogP contribution in [0.5, 0.6) is 0 Å². The molecule has 0 nitrogen and oxygen atoms in total. The van der Waals surface area contributed by atoms with Crippen molar-refractivity contribution in [1.82, 2.24) is 0 Å². The fourth-order valence-corrected chi connectivity index (χ4v) is 1.73. The lowest BCUT2D eigenvalue weighted by molar-refractivity contribution is 0.624. The van der Waals surface area contributed by atoms with Crippen molar-refractivity contribution in [2.45, 2.75) is 114 Å². The van der Waals surface area contributed by atoms with Crippen molar-refractivity contribution in [2.24, 2.45) is 5.92 Å².